The molecule has 1 atom stereocenters. The first kappa shape index (κ1) is 11.1. The van der Waals surface area contributed by atoms with Crippen LogP contribution in [0.2, 0.25) is 0 Å². The predicted octanol–water partition coefficient (Wildman–Crippen LogP) is 0.0680. The number of aromatic amines is 1. The zero-order chi connectivity index (χ0) is 11.2. The van der Waals surface area contributed by atoms with Crippen LogP contribution in [0.5, 0.6) is 0 Å². The Morgan fingerprint density at radius 1 is 1.62 bits per heavy atom. The van der Waals surface area contributed by atoms with E-state index in [4.69, 9.17) is 0 Å². The molecule has 2 heterocycles. The normalized spacial score (nSPS) is 19.9. The number of hydrogen-bond acceptors (Lipinski definition) is 3. The molecule has 1 amide bonds. The number of carbonyl (C=O) groups is 1. The van der Waals surface area contributed by atoms with Gasteiger partial charge < -0.3 is 15.6 Å². The van der Waals surface area contributed by atoms with Crippen LogP contribution >= 0.6 is 0 Å². The highest BCUT2D eigenvalue weighted by Gasteiger charge is 2.21. The van der Waals surface area contributed by atoms with E-state index >= 15 is 0 Å². The molecule has 1 aliphatic heterocycles. The molecule has 1 fully saturated rings. The van der Waals surface area contributed by atoms with Crippen LogP contribution in [0.25, 0.3) is 0 Å². The van der Waals surface area contributed by atoms with Gasteiger partial charge >= 0.3 is 0 Å². The maximum absolute atomic E-state index is 11.6. The average Bonchev–Trinajstić information content (AvgIpc) is 2.96. The molecular weight excluding hydrogens is 204 g/mol. The Bertz CT molecular complexity index is 317. The van der Waals surface area contributed by atoms with Gasteiger partial charge in [0.15, 0.2) is 0 Å². The van der Waals surface area contributed by atoms with E-state index in [0.717, 1.165) is 44.7 Å². The fourth-order valence-corrected chi connectivity index (χ4v) is 1.92. The van der Waals surface area contributed by atoms with E-state index in [-0.39, 0.29) is 11.8 Å². The van der Waals surface area contributed by atoms with E-state index < -0.39 is 0 Å². The summed E-state index contributed by atoms with van der Waals surface area (Å²) in [6, 6.07) is 0. The Labute approximate surface area is 95.0 Å². The van der Waals surface area contributed by atoms with Gasteiger partial charge in [-0.3, -0.25) is 4.79 Å². The standard InChI is InChI=1S/C11H18N4O/c16-11(9-3-5-12-8-9)15-4-1-2-10-13-6-7-14-10/h6-7,9,12H,1-5,8H2,(H,13,14)(H,15,16). The second-order valence-electron chi connectivity index (χ2n) is 4.12. The van der Waals surface area contributed by atoms with Crippen molar-refractivity contribution in [2.45, 2.75) is 19.3 Å². The molecular formula is C11H18N4O. The number of amides is 1. The minimum atomic E-state index is 0.170. The van der Waals surface area contributed by atoms with Crippen LogP contribution in [0.3, 0.4) is 0 Å². The molecule has 0 saturated carbocycles. The Morgan fingerprint density at radius 2 is 2.56 bits per heavy atom. The first-order valence-electron chi connectivity index (χ1n) is 5.83. The van der Waals surface area contributed by atoms with Gasteiger partial charge in [0.2, 0.25) is 5.91 Å². The van der Waals surface area contributed by atoms with E-state index in [0.29, 0.717) is 0 Å². The van der Waals surface area contributed by atoms with Gasteiger partial charge in [-0.2, -0.15) is 0 Å². The van der Waals surface area contributed by atoms with Gasteiger partial charge in [-0.05, 0) is 19.4 Å². The van der Waals surface area contributed by atoms with Crippen LogP contribution in [0.4, 0.5) is 0 Å². The van der Waals surface area contributed by atoms with Crippen molar-refractivity contribution in [2.75, 3.05) is 19.6 Å². The molecule has 0 spiro atoms. The third-order valence-electron chi connectivity index (χ3n) is 2.88. The lowest BCUT2D eigenvalue weighted by Crippen LogP contribution is -2.32. The Balaban J connectivity index is 1.59. The lowest BCUT2D eigenvalue weighted by molar-refractivity contribution is -0.124. The highest BCUT2D eigenvalue weighted by Crippen LogP contribution is 2.06. The highest BCUT2D eigenvalue weighted by atomic mass is 16.1. The quantitative estimate of drug-likeness (QED) is 0.617. The van der Waals surface area contributed by atoms with Crippen molar-refractivity contribution in [1.29, 1.82) is 0 Å². The molecule has 1 aromatic rings. The lowest BCUT2D eigenvalue weighted by atomic mass is 10.1. The topological polar surface area (TPSA) is 69.8 Å². The number of aromatic nitrogens is 2. The van der Waals surface area contributed by atoms with Crippen molar-refractivity contribution in [1.82, 2.24) is 20.6 Å². The van der Waals surface area contributed by atoms with Crippen molar-refractivity contribution < 1.29 is 4.79 Å². The Hall–Kier alpha value is -1.36. The van der Waals surface area contributed by atoms with E-state index in [1.54, 1.807) is 6.20 Å². The third-order valence-corrected chi connectivity index (χ3v) is 2.88. The van der Waals surface area contributed by atoms with Gasteiger partial charge in [0.1, 0.15) is 5.82 Å². The second kappa shape index (κ2) is 5.65. The molecule has 5 nitrogen and oxygen atoms in total. The average molecular weight is 222 g/mol. The van der Waals surface area contributed by atoms with Gasteiger partial charge in [-0.15, -0.1) is 0 Å². The van der Waals surface area contributed by atoms with Gasteiger partial charge in [-0.1, -0.05) is 0 Å². The number of imidazole rings is 1. The fourth-order valence-electron chi connectivity index (χ4n) is 1.92. The molecule has 3 N–H and O–H groups in total. The summed E-state index contributed by atoms with van der Waals surface area (Å²) >= 11 is 0. The molecule has 1 aromatic heterocycles. The molecule has 0 radical (unpaired) electrons. The largest absolute Gasteiger partial charge is 0.356 e. The van der Waals surface area contributed by atoms with Crippen molar-refractivity contribution in [2.24, 2.45) is 5.92 Å². The summed E-state index contributed by atoms with van der Waals surface area (Å²) in [4.78, 5) is 18.8. The summed E-state index contributed by atoms with van der Waals surface area (Å²) in [6.07, 6.45) is 6.34. The summed E-state index contributed by atoms with van der Waals surface area (Å²) in [5.74, 6) is 1.34. The van der Waals surface area contributed by atoms with Crippen LogP contribution in [0, 0.1) is 5.92 Å². The Morgan fingerprint density at radius 3 is 3.25 bits per heavy atom. The van der Waals surface area contributed by atoms with E-state index in [1.165, 1.54) is 0 Å². The SMILES string of the molecule is O=C(NCCCc1ncc[nH]1)C1CCNC1. The van der Waals surface area contributed by atoms with E-state index in [9.17, 15) is 4.79 Å². The second-order valence-corrected chi connectivity index (χ2v) is 4.12. The molecule has 1 unspecified atom stereocenters. The van der Waals surface area contributed by atoms with Crippen molar-refractivity contribution in [3.63, 3.8) is 0 Å². The molecule has 5 heteroatoms. The molecule has 0 aliphatic carbocycles. The molecule has 16 heavy (non-hydrogen) atoms. The number of nitrogens with one attached hydrogen (secondary N) is 3. The van der Waals surface area contributed by atoms with Crippen LogP contribution in [-0.4, -0.2) is 35.5 Å². The highest BCUT2D eigenvalue weighted by molar-refractivity contribution is 5.79. The van der Waals surface area contributed by atoms with Crippen LogP contribution < -0.4 is 10.6 Å². The number of nitrogens with zero attached hydrogens (tertiary/aromatic N) is 1. The maximum Gasteiger partial charge on any atom is 0.224 e. The first-order valence-corrected chi connectivity index (χ1v) is 5.83. The maximum atomic E-state index is 11.6. The first-order chi connectivity index (χ1) is 7.86. The number of rotatable bonds is 5. The molecule has 1 saturated heterocycles. The van der Waals surface area contributed by atoms with Gasteiger partial charge in [-0.25, -0.2) is 4.98 Å². The van der Waals surface area contributed by atoms with E-state index in [2.05, 4.69) is 20.6 Å². The summed E-state index contributed by atoms with van der Waals surface area (Å²) in [6.45, 7) is 2.52. The molecule has 0 aromatic carbocycles. The molecule has 0 bridgehead atoms. The zero-order valence-corrected chi connectivity index (χ0v) is 9.33. The van der Waals surface area contributed by atoms with Gasteiger partial charge in [0.25, 0.3) is 0 Å². The summed E-state index contributed by atoms with van der Waals surface area (Å²) in [5.41, 5.74) is 0. The zero-order valence-electron chi connectivity index (χ0n) is 9.33. The Kier molecular flexibility index (Phi) is 3.93. The molecule has 88 valence electrons. The predicted molar refractivity (Wildman–Crippen MR) is 60.9 cm³/mol. The monoisotopic (exact) mass is 222 g/mol. The minimum absolute atomic E-state index is 0.170. The summed E-state index contributed by atoms with van der Waals surface area (Å²) in [7, 11) is 0. The number of aryl methyl sites for hydroxylation is 1. The van der Waals surface area contributed by atoms with Crippen LogP contribution in [-0.2, 0) is 11.2 Å². The van der Waals surface area contributed by atoms with Crippen LogP contribution in [0.1, 0.15) is 18.7 Å². The minimum Gasteiger partial charge on any atom is -0.356 e. The fraction of sp³-hybridized carbons (Fsp3) is 0.636. The van der Waals surface area contributed by atoms with Crippen molar-refractivity contribution in [3.8, 4) is 0 Å². The van der Waals surface area contributed by atoms with Gasteiger partial charge in [0, 0.05) is 31.9 Å². The summed E-state index contributed by atoms with van der Waals surface area (Å²) < 4.78 is 0. The summed E-state index contributed by atoms with van der Waals surface area (Å²) in [5, 5.41) is 6.16. The molecule has 1 aliphatic rings. The van der Waals surface area contributed by atoms with Gasteiger partial charge in [0.05, 0.1) is 5.92 Å². The number of carbonyl (C=O) groups excluding carboxylic acids is 1. The molecule has 2 rings (SSSR count). The van der Waals surface area contributed by atoms with E-state index in [1.807, 2.05) is 6.20 Å². The number of hydrogen-bond donors (Lipinski definition) is 3. The third kappa shape index (κ3) is 3.06. The van der Waals surface area contributed by atoms with Crippen molar-refractivity contribution in [3.05, 3.63) is 18.2 Å². The lowest BCUT2D eigenvalue weighted by Gasteiger charge is -2.08. The smallest absolute Gasteiger partial charge is 0.224 e. The number of H-pyrrole nitrogens is 1. The van der Waals surface area contributed by atoms with Crippen molar-refractivity contribution >= 4 is 5.91 Å². The van der Waals surface area contributed by atoms with Crippen LogP contribution in [0.15, 0.2) is 12.4 Å².